The zero-order chi connectivity index (χ0) is 26.2. The molecule has 7 heteroatoms. The molecule has 7 nitrogen and oxygen atoms in total. The molecule has 2 aromatic carbocycles. The van der Waals surface area contributed by atoms with Gasteiger partial charge in [-0.05, 0) is 66.3 Å². The maximum atomic E-state index is 13.0. The summed E-state index contributed by atoms with van der Waals surface area (Å²) in [6.07, 6.45) is 5.38. The summed E-state index contributed by atoms with van der Waals surface area (Å²) in [6.45, 7) is 8.04. The molecule has 0 saturated carbocycles. The molecule has 4 N–H and O–H groups in total. The second-order valence-electron chi connectivity index (χ2n) is 10.8. The number of fused-ring (bicyclic) bond motifs is 1. The Kier molecular flexibility index (Phi) is 6.46. The van der Waals surface area contributed by atoms with Crippen molar-refractivity contribution in [1.82, 2.24) is 15.3 Å². The quantitative estimate of drug-likeness (QED) is 0.361. The number of hydrogen-bond acceptors (Lipinski definition) is 4. The number of pyridine rings is 1. The zero-order valence-corrected chi connectivity index (χ0v) is 21.5. The van der Waals surface area contributed by atoms with Gasteiger partial charge in [0.25, 0.3) is 11.8 Å². The monoisotopic (exact) mass is 495 g/mol. The Morgan fingerprint density at radius 1 is 1.11 bits per heavy atom. The van der Waals surface area contributed by atoms with Crippen LogP contribution in [0.5, 0.6) is 0 Å². The van der Waals surface area contributed by atoms with E-state index in [1.165, 1.54) is 5.56 Å². The highest BCUT2D eigenvalue weighted by molar-refractivity contribution is 6.10. The maximum absolute atomic E-state index is 13.0. The first-order valence-corrected chi connectivity index (χ1v) is 12.7. The van der Waals surface area contributed by atoms with Crippen molar-refractivity contribution in [1.29, 1.82) is 0 Å². The van der Waals surface area contributed by atoms with Gasteiger partial charge in [-0.15, -0.1) is 0 Å². The summed E-state index contributed by atoms with van der Waals surface area (Å²) >= 11 is 0. The van der Waals surface area contributed by atoms with Gasteiger partial charge in [-0.2, -0.15) is 0 Å². The summed E-state index contributed by atoms with van der Waals surface area (Å²) in [5.41, 5.74) is 11.6. The second-order valence-corrected chi connectivity index (χ2v) is 10.8. The van der Waals surface area contributed by atoms with Gasteiger partial charge in [-0.1, -0.05) is 32.9 Å². The summed E-state index contributed by atoms with van der Waals surface area (Å²) < 4.78 is 0. The topological polar surface area (TPSA) is 104 Å². The Morgan fingerprint density at radius 2 is 1.89 bits per heavy atom. The van der Waals surface area contributed by atoms with E-state index in [0.29, 0.717) is 23.2 Å². The fraction of sp³-hybridized carbons (Fsp3) is 0.300. The summed E-state index contributed by atoms with van der Waals surface area (Å²) in [4.78, 5) is 35.1. The van der Waals surface area contributed by atoms with Crippen molar-refractivity contribution < 1.29 is 9.59 Å². The number of H-pyrrole nitrogens is 1. The molecular formula is C30H33N5O2. The van der Waals surface area contributed by atoms with Crippen LogP contribution in [0, 0.1) is 0 Å². The highest BCUT2D eigenvalue weighted by Gasteiger charge is 2.25. The molecule has 0 bridgehead atoms. The van der Waals surface area contributed by atoms with Gasteiger partial charge in [0.1, 0.15) is 0 Å². The van der Waals surface area contributed by atoms with Crippen LogP contribution in [0.1, 0.15) is 59.9 Å². The van der Waals surface area contributed by atoms with Crippen LogP contribution in [0.4, 0.5) is 5.69 Å². The number of nitrogens with one attached hydrogen (secondary N) is 2. The number of primary amides is 1. The third kappa shape index (κ3) is 5.07. The smallest absolute Gasteiger partial charge is 0.251 e. The molecule has 3 heterocycles. The summed E-state index contributed by atoms with van der Waals surface area (Å²) in [5, 5.41) is 4.16. The number of rotatable bonds is 5. The van der Waals surface area contributed by atoms with E-state index in [1.54, 1.807) is 18.5 Å². The van der Waals surface area contributed by atoms with Crippen LogP contribution in [0.2, 0.25) is 0 Å². The molecule has 0 spiro atoms. The number of benzene rings is 2. The van der Waals surface area contributed by atoms with Gasteiger partial charge in [-0.3, -0.25) is 14.6 Å². The van der Waals surface area contributed by atoms with E-state index >= 15 is 0 Å². The number of anilines is 1. The average Bonchev–Trinajstić information content (AvgIpc) is 3.34. The lowest BCUT2D eigenvalue weighted by molar-refractivity contribution is 0.0932. The molecule has 1 fully saturated rings. The number of aromatic amines is 1. The van der Waals surface area contributed by atoms with Crippen LogP contribution in [0.15, 0.2) is 67.0 Å². The van der Waals surface area contributed by atoms with E-state index in [2.05, 4.69) is 41.0 Å². The van der Waals surface area contributed by atoms with Crippen molar-refractivity contribution in [2.75, 3.05) is 18.0 Å². The maximum Gasteiger partial charge on any atom is 0.251 e. The number of carbonyl (C=O) groups excluding carboxylic acids is 2. The highest BCUT2D eigenvalue weighted by Crippen LogP contribution is 2.34. The lowest BCUT2D eigenvalue weighted by atomic mass is 9.86. The lowest BCUT2D eigenvalue weighted by Crippen LogP contribution is -2.47. The van der Waals surface area contributed by atoms with Crippen molar-refractivity contribution in [3.8, 4) is 11.3 Å². The number of aromatic nitrogens is 2. The van der Waals surface area contributed by atoms with Crippen molar-refractivity contribution in [3.05, 3.63) is 83.7 Å². The SMILES string of the molecule is CC(C)(C)c1ccc(C(=O)N[C@@H]2CCCN(c3ccc(C(N)=O)c4[nH]c(-c5cccnc5)cc34)C2)cc1. The Bertz CT molecular complexity index is 1430. The van der Waals surface area contributed by atoms with E-state index in [9.17, 15) is 9.59 Å². The molecule has 0 unspecified atom stereocenters. The van der Waals surface area contributed by atoms with Crippen molar-refractivity contribution in [3.63, 3.8) is 0 Å². The normalized spacial score (nSPS) is 16.1. The molecule has 2 aromatic heterocycles. The van der Waals surface area contributed by atoms with Gasteiger partial charge in [0.2, 0.25) is 0 Å². The molecule has 2 amide bonds. The predicted molar refractivity (Wildman–Crippen MR) is 148 cm³/mol. The van der Waals surface area contributed by atoms with Crippen LogP contribution in [0.3, 0.4) is 0 Å². The van der Waals surface area contributed by atoms with E-state index in [1.807, 2.05) is 48.5 Å². The van der Waals surface area contributed by atoms with Crippen LogP contribution < -0.4 is 16.0 Å². The molecule has 0 radical (unpaired) electrons. The fourth-order valence-electron chi connectivity index (χ4n) is 5.07. The Balaban J connectivity index is 1.39. The number of carbonyl (C=O) groups is 2. The second kappa shape index (κ2) is 9.73. The van der Waals surface area contributed by atoms with Crippen LogP contribution in [0.25, 0.3) is 22.2 Å². The molecule has 1 atom stereocenters. The van der Waals surface area contributed by atoms with E-state index < -0.39 is 5.91 Å². The van der Waals surface area contributed by atoms with Gasteiger partial charge in [0.15, 0.2) is 0 Å². The number of nitrogens with zero attached hydrogens (tertiary/aromatic N) is 2. The molecule has 4 aromatic rings. The molecule has 190 valence electrons. The van der Waals surface area contributed by atoms with Crippen LogP contribution >= 0.6 is 0 Å². The molecule has 5 rings (SSSR count). The number of hydrogen-bond donors (Lipinski definition) is 3. The molecule has 0 aliphatic carbocycles. The third-order valence-electron chi connectivity index (χ3n) is 7.12. The first-order valence-electron chi connectivity index (χ1n) is 12.7. The van der Waals surface area contributed by atoms with Crippen molar-refractivity contribution in [2.45, 2.75) is 45.1 Å². The third-order valence-corrected chi connectivity index (χ3v) is 7.12. The van der Waals surface area contributed by atoms with Gasteiger partial charge in [0.05, 0.1) is 11.1 Å². The lowest BCUT2D eigenvalue weighted by Gasteiger charge is -2.35. The minimum atomic E-state index is -0.475. The molecule has 1 aliphatic rings. The summed E-state index contributed by atoms with van der Waals surface area (Å²) in [6, 6.07) is 17.5. The Hall–Kier alpha value is -4.13. The molecule has 1 aliphatic heterocycles. The first-order chi connectivity index (χ1) is 17.7. The van der Waals surface area contributed by atoms with Gasteiger partial charge in [-0.25, -0.2) is 0 Å². The predicted octanol–water partition coefficient (Wildman–Crippen LogP) is 5.03. The summed E-state index contributed by atoms with van der Waals surface area (Å²) in [5.74, 6) is -0.528. The zero-order valence-electron chi connectivity index (χ0n) is 21.5. The van der Waals surface area contributed by atoms with Crippen molar-refractivity contribution in [2.24, 2.45) is 5.73 Å². The van der Waals surface area contributed by atoms with Crippen LogP contribution in [-0.4, -0.2) is 40.9 Å². The molecule has 1 saturated heterocycles. The molecule has 37 heavy (non-hydrogen) atoms. The van der Waals surface area contributed by atoms with Gasteiger partial charge >= 0.3 is 0 Å². The van der Waals surface area contributed by atoms with Crippen LogP contribution in [-0.2, 0) is 5.41 Å². The van der Waals surface area contributed by atoms with E-state index in [4.69, 9.17) is 5.73 Å². The number of nitrogens with two attached hydrogens (primary N) is 1. The standard InChI is InChI=1S/C30H33N5O2/c1-30(2,3)21-10-8-19(9-11-21)29(37)33-22-7-5-15-35(18-22)26-13-12-23(28(31)36)27-24(26)16-25(34-27)20-6-4-14-32-17-20/h4,6,8-14,16-17,22,34H,5,7,15,18H2,1-3H3,(H2,31,36)(H,33,37)/t22-/m1/s1. The van der Waals surface area contributed by atoms with Crippen molar-refractivity contribution >= 4 is 28.4 Å². The minimum Gasteiger partial charge on any atom is -0.369 e. The number of piperidine rings is 1. The summed E-state index contributed by atoms with van der Waals surface area (Å²) in [7, 11) is 0. The average molecular weight is 496 g/mol. The largest absolute Gasteiger partial charge is 0.369 e. The van der Waals surface area contributed by atoms with E-state index in [0.717, 1.165) is 41.7 Å². The molecular weight excluding hydrogens is 462 g/mol. The minimum absolute atomic E-state index is 0.0196. The number of amides is 2. The van der Waals surface area contributed by atoms with Gasteiger partial charge in [0, 0.05) is 59.4 Å². The van der Waals surface area contributed by atoms with E-state index in [-0.39, 0.29) is 17.4 Å². The fourth-order valence-corrected chi connectivity index (χ4v) is 5.07. The van der Waals surface area contributed by atoms with Gasteiger partial charge < -0.3 is 20.9 Å². The highest BCUT2D eigenvalue weighted by atomic mass is 16.2. The Labute approximate surface area is 217 Å². The first kappa shape index (κ1) is 24.6. The Morgan fingerprint density at radius 3 is 2.57 bits per heavy atom.